The van der Waals surface area contributed by atoms with Gasteiger partial charge in [0.1, 0.15) is 5.75 Å². The van der Waals surface area contributed by atoms with E-state index in [1.54, 1.807) is 0 Å². The van der Waals surface area contributed by atoms with Crippen LogP contribution in [0.2, 0.25) is 0 Å². The topological polar surface area (TPSA) is 29.5 Å². The second-order valence-electron chi connectivity index (χ2n) is 6.08. The first-order chi connectivity index (χ1) is 9.78. The zero-order chi connectivity index (χ0) is 14.2. The molecule has 1 aromatic rings. The van der Waals surface area contributed by atoms with Gasteiger partial charge in [-0.15, -0.1) is 0 Å². The van der Waals surface area contributed by atoms with Gasteiger partial charge in [-0.25, -0.2) is 0 Å². The summed E-state index contributed by atoms with van der Waals surface area (Å²) in [4.78, 5) is 0. The van der Waals surface area contributed by atoms with Crippen molar-refractivity contribution in [3.05, 3.63) is 29.8 Å². The molecule has 1 aromatic carbocycles. The van der Waals surface area contributed by atoms with Gasteiger partial charge in [-0.3, -0.25) is 0 Å². The molecule has 20 heavy (non-hydrogen) atoms. The summed E-state index contributed by atoms with van der Waals surface area (Å²) in [6, 6.07) is 8.20. The summed E-state index contributed by atoms with van der Waals surface area (Å²) in [6.07, 6.45) is 9.40. The van der Waals surface area contributed by atoms with Gasteiger partial charge in [-0.1, -0.05) is 44.7 Å². The molecule has 0 amide bonds. The third-order valence-corrected chi connectivity index (χ3v) is 4.30. The van der Waals surface area contributed by atoms with E-state index >= 15 is 0 Å². The van der Waals surface area contributed by atoms with E-state index < -0.39 is 0 Å². The van der Waals surface area contributed by atoms with Crippen molar-refractivity contribution in [1.29, 1.82) is 0 Å². The summed E-state index contributed by atoms with van der Waals surface area (Å²) >= 11 is 0. The Balaban J connectivity index is 1.84. The molecular formula is C18H28O2. The fraction of sp³-hybridized carbons (Fsp3) is 0.667. The Bertz CT molecular complexity index is 381. The number of rotatable bonds is 6. The number of aliphatic hydroxyl groups is 1. The maximum Gasteiger partial charge on any atom is 0.119 e. The molecule has 2 nitrogen and oxygen atoms in total. The van der Waals surface area contributed by atoms with Crippen LogP contribution in [0.3, 0.4) is 0 Å². The van der Waals surface area contributed by atoms with Crippen LogP contribution in [0.5, 0.6) is 5.75 Å². The van der Waals surface area contributed by atoms with Crippen LogP contribution in [0, 0.1) is 5.92 Å². The standard InChI is InChI=1S/C18H28O2/c1-2-17(19)12-16-10-7-11-18(13-16)20-14-15-8-5-3-4-6-9-15/h7,10-11,13,15,17,19H,2-6,8-9,12,14H2,1H3/t17-/m0/s1. The van der Waals surface area contributed by atoms with Crippen LogP contribution >= 0.6 is 0 Å². The molecule has 0 bridgehead atoms. The Hall–Kier alpha value is -1.02. The smallest absolute Gasteiger partial charge is 0.119 e. The van der Waals surface area contributed by atoms with Gasteiger partial charge in [-0.2, -0.15) is 0 Å². The van der Waals surface area contributed by atoms with Crippen LogP contribution in [0.4, 0.5) is 0 Å². The highest BCUT2D eigenvalue weighted by molar-refractivity contribution is 5.28. The van der Waals surface area contributed by atoms with Crippen molar-refractivity contribution in [2.75, 3.05) is 6.61 Å². The molecule has 1 fully saturated rings. The van der Waals surface area contributed by atoms with Gasteiger partial charge in [0.25, 0.3) is 0 Å². The highest BCUT2D eigenvalue weighted by Crippen LogP contribution is 2.24. The van der Waals surface area contributed by atoms with E-state index in [0.29, 0.717) is 0 Å². The number of ether oxygens (including phenoxy) is 1. The Morgan fingerprint density at radius 3 is 2.65 bits per heavy atom. The number of benzene rings is 1. The van der Waals surface area contributed by atoms with Gasteiger partial charge in [0, 0.05) is 0 Å². The third kappa shape index (κ3) is 5.16. The van der Waals surface area contributed by atoms with Crippen LogP contribution < -0.4 is 4.74 Å². The zero-order valence-electron chi connectivity index (χ0n) is 12.7. The second-order valence-corrected chi connectivity index (χ2v) is 6.08. The molecule has 0 spiro atoms. The first-order valence-corrected chi connectivity index (χ1v) is 8.17. The second kappa shape index (κ2) is 8.31. The molecule has 1 aliphatic carbocycles. The van der Waals surface area contributed by atoms with Gasteiger partial charge in [0.15, 0.2) is 0 Å². The lowest BCUT2D eigenvalue weighted by molar-refractivity contribution is 0.170. The Morgan fingerprint density at radius 2 is 1.95 bits per heavy atom. The third-order valence-electron chi connectivity index (χ3n) is 4.30. The summed E-state index contributed by atoms with van der Waals surface area (Å²) in [5, 5.41) is 9.73. The monoisotopic (exact) mass is 276 g/mol. The summed E-state index contributed by atoms with van der Waals surface area (Å²) in [6.45, 7) is 2.86. The first-order valence-electron chi connectivity index (χ1n) is 8.17. The molecule has 1 atom stereocenters. The minimum atomic E-state index is -0.243. The normalized spacial score (nSPS) is 18.5. The molecule has 0 aromatic heterocycles. The lowest BCUT2D eigenvalue weighted by Crippen LogP contribution is -2.12. The fourth-order valence-electron chi connectivity index (χ4n) is 2.92. The van der Waals surface area contributed by atoms with Crippen molar-refractivity contribution in [3.63, 3.8) is 0 Å². The van der Waals surface area contributed by atoms with E-state index in [-0.39, 0.29) is 6.10 Å². The number of hydrogen-bond donors (Lipinski definition) is 1. The van der Waals surface area contributed by atoms with Crippen molar-refractivity contribution in [2.45, 2.75) is 64.4 Å². The van der Waals surface area contributed by atoms with Crippen LogP contribution in [0.25, 0.3) is 0 Å². The Kier molecular flexibility index (Phi) is 6.38. The molecule has 0 radical (unpaired) electrons. The molecule has 0 aliphatic heterocycles. The average Bonchev–Trinajstić information content (AvgIpc) is 2.74. The SMILES string of the molecule is CC[C@H](O)Cc1cccc(OCC2CCCCCC2)c1. The lowest BCUT2D eigenvalue weighted by Gasteiger charge is -2.16. The fourth-order valence-corrected chi connectivity index (χ4v) is 2.92. The molecular weight excluding hydrogens is 248 g/mol. The van der Waals surface area contributed by atoms with Gasteiger partial charge in [-0.05, 0) is 49.3 Å². The predicted molar refractivity (Wildman–Crippen MR) is 83.1 cm³/mol. The van der Waals surface area contributed by atoms with Gasteiger partial charge >= 0.3 is 0 Å². The average molecular weight is 276 g/mol. The lowest BCUT2D eigenvalue weighted by atomic mass is 10.0. The minimum absolute atomic E-state index is 0.243. The van der Waals surface area contributed by atoms with Crippen molar-refractivity contribution in [2.24, 2.45) is 5.92 Å². The summed E-state index contributed by atoms with van der Waals surface area (Å²) in [5.74, 6) is 1.68. The van der Waals surface area contributed by atoms with E-state index in [0.717, 1.165) is 36.7 Å². The van der Waals surface area contributed by atoms with Crippen molar-refractivity contribution in [3.8, 4) is 5.75 Å². The van der Waals surface area contributed by atoms with Crippen LogP contribution in [-0.2, 0) is 6.42 Å². The Labute approximate surface area is 123 Å². The Morgan fingerprint density at radius 1 is 1.20 bits per heavy atom. The summed E-state index contributed by atoms with van der Waals surface area (Å²) in [7, 11) is 0. The largest absolute Gasteiger partial charge is 0.493 e. The highest BCUT2D eigenvalue weighted by Gasteiger charge is 2.13. The van der Waals surface area contributed by atoms with Crippen molar-refractivity contribution >= 4 is 0 Å². The van der Waals surface area contributed by atoms with Crippen molar-refractivity contribution < 1.29 is 9.84 Å². The van der Waals surface area contributed by atoms with Crippen molar-refractivity contribution in [1.82, 2.24) is 0 Å². The summed E-state index contributed by atoms with van der Waals surface area (Å²) in [5.41, 5.74) is 1.16. The minimum Gasteiger partial charge on any atom is -0.493 e. The molecule has 112 valence electrons. The molecule has 0 saturated heterocycles. The molecule has 0 unspecified atom stereocenters. The molecule has 1 N–H and O–H groups in total. The van der Waals surface area contributed by atoms with E-state index in [1.165, 1.54) is 38.5 Å². The number of hydrogen-bond acceptors (Lipinski definition) is 2. The molecule has 1 aliphatic rings. The molecule has 2 rings (SSSR count). The zero-order valence-corrected chi connectivity index (χ0v) is 12.7. The highest BCUT2D eigenvalue weighted by atomic mass is 16.5. The van der Waals surface area contributed by atoms with Crippen LogP contribution in [-0.4, -0.2) is 17.8 Å². The van der Waals surface area contributed by atoms with E-state index in [9.17, 15) is 5.11 Å². The summed E-state index contributed by atoms with van der Waals surface area (Å²) < 4.78 is 5.98. The van der Waals surface area contributed by atoms with Gasteiger partial charge in [0.2, 0.25) is 0 Å². The maximum atomic E-state index is 9.73. The van der Waals surface area contributed by atoms with E-state index in [1.807, 2.05) is 19.1 Å². The van der Waals surface area contributed by atoms with Crippen LogP contribution in [0.15, 0.2) is 24.3 Å². The number of aliphatic hydroxyl groups excluding tert-OH is 1. The molecule has 2 heteroatoms. The molecule has 0 heterocycles. The van der Waals surface area contributed by atoms with E-state index in [2.05, 4.69) is 12.1 Å². The predicted octanol–water partition coefficient (Wildman–Crippen LogP) is 4.35. The first kappa shape index (κ1) is 15.4. The molecule has 1 saturated carbocycles. The van der Waals surface area contributed by atoms with E-state index in [4.69, 9.17) is 4.74 Å². The van der Waals surface area contributed by atoms with Gasteiger partial charge in [0.05, 0.1) is 12.7 Å². The van der Waals surface area contributed by atoms with Crippen LogP contribution in [0.1, 0.15) is 57.4 Å². The maximum absolute atomic E-state index is 9.73. The quantitative estimate of drug-likeness (QED) is 0.783. The van der Waals surface area contributed by atoms with Gasteiger partial charge < -0.3 is 9.84 Å².